The lowest BCUT2D eigenvalue weighted by molar-refractivity contribution is -0.118. The maximum Gasteiger partial charge on any atom is 0.230 e. The minimum absolute atomic E-state index is 0.133. The summed E-state index contributed by atoms with van der Waals surface area (Å²) in [6.07, 6.45) is 0. The summed E-state index contributed by atoms with van der Waals surface area (Å²) in [4.78, 5) is 16.2. The number of aromatic nitrogens is 1. The van der Waals surface area contributed by atoms with Gasteiger partial charge in [-0.25, -0.2) is 13.8 Å². The van der Waals surface area contributed by atoms with Gasteiger partial charge < -0.3 is 5.32 Å². The van der Waals surface area contributed by atoms with Crippen molar-refractivity contribution in [1.29, 1.82) is 0 Å². The second kappa shape index (κ2) is 7.06. The van der Waals surface area contributed by atoms with E-state index in [9.17, 15) is 13.6 Å². The second-order valence-corrected chi connectivity index (χ2v) is 6.97. The standard InChI is InChI=1S/C16H12F2N2OS2/c17-11-4-3-5-12(18)10(11)8-19-15(21)9-22-16-20-13-6-1-2-7-14(13)23-16/h1-7H,8-9H2,(H,19,21). The molecule has 0 aliphatic heterocycles. The summed E-state index contributed by atoms with van der Waals surface area (Å²) < 4.78 is 28.8. The molecule has 0 aliphatic rings. The Kier molecular flexibility index (Phi) is 4.88. The van der Waals surface area contributed by atoms with Gasteiger partial charge in [-0.2, -0.15) is 0 Å². The zero-order chi connectivity index (χ0) is 16.2. The third kappa shape index (κ3) is 3.86. The van der Waals surface area contributed by atoms with Crippen molar-refractivity contribution in [1.82, 2.24) is 10.3 Å². The molecule has 0 atom stereocenters. The van der Waals surface area contributed by atoms with Crippen LogP contribution in [0.5, 0.6) is 0 Å². The molecule has 3 aromatic rings. The molecule has 0 saturated carbocycles. The van der Waals surface area contributed by atoms with E-state index in [4.69, 9.17) is 0 Å². The highest BCUT2D eigenvalue weighted by Crippen LogP contribution is 2.29. The fourth-order valence-electron chi connectivity index (χ4n) is 1.98. The van der Waals surface area contributed by atoms with Gasteiger partial charge in [-0.05, 0) is 24.3 Å². The predicted octanol–water partition coefficient (Wildman–Crippen LogP) is 3.98. The number of thioether (sulfide) groups is 1. The lowest BCUT2D eigenvalue weighted by Crippen LogP contribution is -2.25. The van der Waals surface area contributed by atoms with E-state index in [0.717, 1.165) is 14.6 Å². The summed E-state index contributed by atoms with van der Waals surface area (Å²) in [5.74, 6) is -1.47. The van der Waals surface area contributed by atoms with Gasteiger partial charge in [0.15, 0.2) is 4.34 Å². The van der Waals surface area contributed by atoms with Crippen LogP contribution >= 0.6 is 23.1 Å². The summed E-state index contributed by atoms with van der Waals surface area (Å²) >= 11 is 2.82. The molecule has 0 spiro atoms. The zero-order valence-corrected chi connectivity index (χ0v) is 13.5. The molecule has 1 aromatic heterocycles. The van der Waals surface area contributed by atoms with Crippen molar-refractivity contribution in [3.63, 3.8) is 0 Å². The lowest BCUT2D eigenvalue weighted by Gasteiger charge is -2.06. The van der Waals surface area contributed by atoms with Gasteiger partial charge in [0.25, 0.3) is 0 Å². The number of nitrogens with one attached hydrogen (secondary N) is 1. The number of fused-ring (bicyclic) bond motifs is 1. The molecule has 3 rings (SSSR count). The van der Waals surface area contributed by atoms with Crippen LogP contribution in [0, 0.1) is 11.6 Å². The van der Waals surface area contributed by atoms with E-state index in [1.807, 2.05) is 24.3 Å². The third-order valence-corrected chi connectivity index (χ3v) is 5.30. The second-order valence-electron chi connectivity index (χ2n) is 4.71. The van der Waals surface area contributed by atoms with Crippen LogP contribution in [0.25, 0.3) is 10.2 Å². The Morgan fingerprint density at radius 1 is 1.13 bits per heavy atom. The number of amides is 1. The van der Waals surface area contributed by atoms with Crippen molar-refractivity contribution in [2.75, 3.05) is 5.75 Å². The SMILES string of the molecule is O=C(CSc1nc2ccccc2s1)NCc1c(F)cccc1F. The third-order valence-electron chi connectivity index (χ3n) is 3.13. The highest BCUT2D eigenvalue weighted by molar-refractivity contribution is 8.01. The Labute approximate surface area is 139 Å². The van der Waals surface area contributed by atoms with Crippen LogP contribution in [0.2, 0.25) is 0 Å². The van der Waals surface area contributed by atoms with Crippen LogP contribution in [-0.2, 0) is 11.3 Å². The number of rotatable bonds is 5. The summed E-state index contributed by atoms with van der Waals surface area (Å²) in [7, 11) is 0. The average Bonchev–Trinajstić information content (AvgIpc) is 2.95. The smallest absolute Gasteiger partial charge is 0.230 e. The van der Waals surface area contributed by atoms with E-state index in [1.165, 1.54) is 41.3 Å². The maximum atomic E-state index is 13.5. The number of hydrogen-bond acceptors (Lipinski definition) is 4. The molecule has 23 heavy (non-hydrogen) atoms. The summed E-state index contributed by atoms with van der Waals surface area (Å²) in [5, 5.41) is 2.52. The van der Waals surface area contributed by atoms with Crippen molar-refractivity contribution in [3.8, 4) is 0 Å². The lowest BCUT2D eigenvalue weighted by atomic mass is 10.2. The zero-order valence-electron chi connectivity index (χ0n) is 11.9. The van der Waals surface area contributed by atoms with E-state index in [1.54, 1.807) is 0 Å². The highest BCUT2D eigenvalue weighted by Gasteiger charge is 2.11. The van der Waals surface area contributed by atoms with Gasteiger partial charge in [0.1, 0.15) is 11.6 Å². The van der Waals surface area contributed by atoms with Crippen molar-refractivity contribution >= 4 is 39.2 Å². The highest BCUT2D eigenvalue weighted by atomic mass is 32.2. The topological polar surface area (TPSA) is 42.0 Å². The molecule has 0 aliphatic carbocycles. The number of carbonyl (C=O) groups excluding carboxylic acids is 1. The number of nitrogens with zero attached hydrogens (tertiary/aromatic N) is 1. The molecule has 1 amide bonds. The summed E-state index contributed by atoms with van der Waals surface area (Å²) in [6.45, 7) is -0.169. The Hall–Kier alpha value is -1.99. The molecule has 1 N–H and O–H groups in total. The van der Waals surface area contributed by atoms with Gasteiger partial charge in [-0.1, -0.05) is 30.0 Å². The van der Waals surface area contributed by atoms with Gasteiger partial charge in [-0.15, -0.1) is 11.3 Å². The van der Waals surface area contributed by atoms with E-state index >= 15 is 0 Å². The fraction of sp³-hybridized carbons (Fsp3) is 0.125. The number of carbonyl (C=O) groups is 1. The first-order valence-electron chi connectivity index (χ1n) is 6.81. The molecular formula is C16H12F2N2OS2. The van der Waals surface area contributed by atoms with Crippen LogP contribution in [0.15, 0.2) is 46.8 Å². The predicted molar refractivity (Wildman–Crippen MR) is 88.5 cm³/mol. The van der Waals surface area contributed by atoms with Crippen LogP contribution in [-0.4, -0.2) is 16.6 Å². The summed E-state index contributed by atoms with van der Waals surface area (Å²) in [6, 6.07) is 11.4. The number of para-hydroxylation sites is 1. The van der Waals surface area contributed by atoms with E-state index in [2.05, 4.69) is 10.3 Å². The average molecular weight is 350 g/mol. The van der Waals surface area contributed by atoms with Crippen LogP contribution in [0.1, 0.15) is 5.56 Å². The molecule has 2 aromatic carbocycles. The van der Waals surface area contributed by atoms with Crippen molar-refractivity contribution < 1.29 is 13.6 Å². The van der Waals surface area contributed by atoms with Crippen LogP contribution in [0.4, 0.5) is 8.78 Å². The van der Waals surface area contributed by atoms with E-state index in [-0.39, 0.29) is 23.8 Å². The molecule has 0 radical (unpaired) electrons. The molecule has 1 heterocycles. The number of benzene rings is 2. The van der Waals surface area contributed by atoms with E-state index < -0.39 is 11.6 Å². The molecule has 118 valence electrons. The Balaban J connectivity index is 1.55. The molecule has 0 fully saturated rings. The van der Waals surface area contributed by atoms with E-state index in [0.29, 0.717) is 0 Å². The molecule has 3 nitrogen and oxygen atoms in total. The molecule has 0 bridgehead atoms. The van der Waals surface area contributed by atoms with Gasteiger partial charge in [-0.3, -0.25) is 4.79 Å². The Morgan fingerprint density at radius 3 is 2.61 bits per heavy atom. The molecule has 0 saturated heterocycles. The first-order chi connectivity index (χ1) is 11.1. The quantitative estimate of drug-likeness (QED) is 0.708. The number of halogens is 2. The Bertz CT molecular complexity index is 798. The minimum Gasteiger partial charge on any atom is -0.351 e. The minimum atomic E-state index is -0.663. The number of thiazole rings is 1. The van der Waals surface area contributed by atoms with Crippen LogP contribution < -0.4 is 5.32 Å². The Morgan fingerprint density at radius 2 is 1.87 bits per heavy atom. The van der Waals surface area contributed by atoms with Gasteiger partial charge >= 0.3 is 0 Å². The van der Waals surface area contributed by atoms with Gasteiger partial charge in [0.2, 0.25) is 5.91 Å². The van der Waals surface area contributed by atoms with Crippen molar-refractivity contribution in [2.45, 2.75) is 10.9 Å². The first kappa shape index (κ1) is 15.9. The normalized spacial score (nSPS) is 10.9. The molecular weight excluding hydrogens is 338 g/mol. The fourth-order valence-corrected chi connectivity index (χ4v) is 3.88. The van der Waals surface area contributed by atoms with Crippen molar-refractivity contribution in [3.05, 3.63) is 59.7 Å². The summed E-state index contributed by atoms with van der Waals surface area (Å²) in [5.41, 5.74) is 0.764. The largest absolute Gasteiger partial charge is 0.351 e. The van der Waals surface area contributed by atoms with Crippen LogP contribution in [0.3, 0.4) is 0 Å². The number of hydrogen-bond donors (Lipinski definition) is 1. The molecule has 0 unspecified atom stereocenters. The van der Waals surface area contributed by atoms with Crippen molar-refractivity contribution in [2.24, 2.45) is 0 Å². The monoisotopic (exact) mass is 350 g/mol. The maximum absolute atomic E-state index is 13.5. The molecule has 7 heteroatoms. The van der Waals surface area contributed by atoms with Gasteiger partial charge in [0.05, 0.1) is 16.0 Å². The van der Waals surface area contributed by atoms with Gasteiger partial charge in [0, 0.05) is 12.1 Å². The first-order valence-corrected chi connectivity index (χ1v) is 8.61.